The van der Waals surface area contributed by atoms with E-state index in [1.165, 1.54) is 6.34 Å². The number of nitrogens with two attached hydrogens (primary N) is 1. The third-order valence-electron chi connectivity index (χ3n) is 0.675. The minimum Gasteiger partial charge on any atom is -0.271 e. The molecule has 0 atom stereocenters. The maximum atomic E-state index is 8.48. The first-order chi connectivity index (χ1) is 3.30. The highest BCUT2D eigenvalue weighted by atomic mass is 16.6. The van der Waals surface area contributed by atoms with Gasteiger partial charge in [0.15, 0.2) is 0 Å². The Bertz CT molecular complexity index is 91.7. The van der Waals surface area contributed by atoms with Crippen LogP contribution in [0, 0.1) is 0 Å². The fourth-order valence-electron chi connectivity index (χ4n) is 0.324. The molecule has 0 bridgehead atoms. The zero-order chi connectivity index (χ0) is 5.28. The molecule has 0 fully saturated rings. The summed E-state index contributed by atoms with van der Waals surface area (Å²) in [5.74, 6) is 5.06. The second-order valence-electron chi connectivity index (χ2n) is 1.20. The summed E-state index contributed by atoms with van der Waals surface area (Å²) in [4.78, 5) is 3.60. The minimum absolute atomic E-state index is 0.330. The van der Waals surface area contributed by atoms with Crippen molar-refractivity contribution < 1.29 is 5.21 Å². The van der Waals surface area contributed by atoms with E-state index < -0.39 is 0 Å². The van der Waals surface area contributed by atoms with Crippen molar-refractivity contribution in [1.82, 2.24) is 10.3 Å². The Morgan fingerprint density at radius 3 is 2.71 bits per heavy atom. The van der Waals surface area contributed by atoms with Crippen molar-refractivity contribution in [1.29, 1.82) is 0 Å². The van der Waals surface area contributed by atoms with E-state index in [9.17, 15) is 0 Å². The molecule has 7 heavy (non-hydrogen) atoms. The van der Waals surface area contributed by atoms with Gasteiger partial charge in [-0.2, -0.15) is 5.17 Å². The van der Waals surface area contributed by atoms with Crippen molar-refractivity contribution in [2.45, 2.75) is 0 Å². The molecule has 0 aliphatic carbocycles. The van der Waals surface area contributed by atoms with Crippen LogP contribution in [0.1, 0.15) is 0 Å². The second kappa shape index (κ2) is 1.45. The predicted octanol–water partition coefficient (Wildman–Crippen LogP) is -1.23. The molecule has 0 aromatic heterocycles. The van der Waals surface area contributed by atoms with Gasteiger partial charge in [-0.25, -0.2) is 5.84 Å². The molecule has 5 nitrogen and oxygen atoms in total. The summed E-state index contributed by atoms with van der Waals surface area (Å²) in [5, 5.41) is 10.3. The molecule has 1 aliphatic rings. The Kier molecular flexibility index (Phi) is 0.935. The van der Waals surface area contributed by atoms with E-state index in [0.29, 0.717) is 6.67 Å². The standard InChI is InChI=1S/C2H6N4O/c3-5-1-4-2-6(5)7/h2,7H,1,3H2. The summed E-state index contributed by atoms with van der Waals surface area (Å²) in [6.07, 6.45) is 1.24. The molecule has 0 amide bonds. The van der Waals surface area contributed by atoms with Gasteiger partial charge in [-0.05, 0) is 0 Å². The number of hydrazine groups is 2. The molecule has 1 heterocycles. The normalized spacial score (nSPS) is 21.7. The average Bonchev–Trinajstić information content (AvgIpc) is 1.91. The van der Waals surface area contributed by atoms with Crippen molar-refractivity contribution in [2.75, 3.05) is 6.67 Å². The van der Waals surface area contributed by atoms with Crippen molar-refractivity contribution in [3.63, 3.8) is 0 Å². The maximum Gasteiger partial charge on any atom is 0.132 e. The van der Waals surface area contributed by atoms with Crippen LogP contribution in [0.5, 0.6) is 0 Å². The van der Waals surface area contributed by atoms with Crippen molar-refractivity contribution in [3.8, 4) is 0 Å². The zero-order valence-electron chi connectivity index (χ0n) is 3.65. The van der Waals surface area contributed by atoms with E-state index in [4.69, 9.17) is 11.0 Å². The van der Waals surface area contributed by atoms with Crippen LogP contribution in [-0.4, -0.2) is 28.5 Å². The Morgan fingerprint density at radius 1 is 1.86 bits per heavy atom. The van der Waals surface area contributed by atoms with Crippen molar-refractivity contribution >= 4 is 6.34 Å². The van der Waals surface area contributed by atoms with E-state index in [1.54, 1.807) is 0 Å². The van der Waals surface area contributed by atoms with Gasteiger partial charge in [-0.1, -0.05) is 0 Å². The van der Waals surface area contributed by atoms with Gasteiger partial charge in [0.2, 0.25) is 0 Å². The topological polar surface area (TPSA) is 65.1 Å². The van der Waals surface area contributed by atoms with Gasteiger partial charge in [0, 0.05) is 0 Å². The number of hydroxylamine groups is 1. The van der Waals surface area contributed by atoms with Gasteiger partial charge in [0.1, 0.15) is 13.0 Å². The summed E-state index contributed by atoms with van der Waals surface area (Å²) >= 11 is 0. The van der Waals surface area contributed by atoms with Crippen LogP contribution in [0.3, 0.4) is 0 Å². The highest BCUT2D eigenvalue weighted by molar-refractivity contribution is 5.53. The van der Waals surface area contributed by atoms with Crippen molar-refractivity contribution in [3.05, 3.63) is 0 Å². The van der Waals surface area contributed by atoms with Gasteiger partial charge in [0.05, 0.1) is 0 Å². The first-order valence-electron chi connectivity index (χ1n) is 1.81. The number of hydrogen-bond donors (Lipinski definition) is 2. The van der Waals surface area contributed by atoms with Gasteiger partial charge >= 0.3 is 0 Å². The molecule has 5 heteroatoms. The molecular formula is C2H6N4O. The van der Waals surface area contributed by atoms with Crippen LogP contribution in [0.2, 0.25) is 0 Å². The number of aliphatic imine (C=N–C) groups is 1. The molecule has 0 aromatic rings. The molecule has 0 saturated heterocycles. The molecule has 0 unspecified atom stereocenters. The molecule has 0 spiro atoms. The van der Waals surface area contributed by atoms with Gasteiger partial charge < -0.3 is 0 Å². The van der Waals surface area contributed by atoms with Gasteiger partial charge in [-0.15, -0.1) is 5.12 Å². The molecular weight excluding hydrogens is 96.0 g/mol. The van der Waals surface area contributed by atoms with Gasteiger partial charge in [-0.3, -0.25) is 10.2 Å². The third-order valence-corrected chi connectivity index (χ3v) is 0.675. The lowest BCUT2D eigenvalue weighted by molar-refractivity contribution is -0.168. The van der Waals surface area contributed by atoms with E-state index in [-0.39, 0.29) is 0 Å². The number of hydrogen-bond acceptors (Lipinski definition) is 5. The molecule has 3 N–H and O–H groups in total. The fraction of sp³-hybridized carbons (Fsp3) is 0.500. The molecule has 0 aromatic carbocycles. The summed E-state index contributed by atoms with van der Waals surface area (Å²) in [5.41, 5.74) is 0. The van der Waals surface area contributed by atoms with E-state index >= 15 is 0 Å². The maximum absolute atomic E-state index is 8.48. The Morgan fingerprint density at radius 2 is 2.57 bits per heavy atom. The van der Waals surface area contributed by atoms with E-state index in [2.05, 4.69) is 4.99 Å². The quantitative estimate of drug-likeness (QED) is 0.376. The summed E-state index contributed by atoms with van der Waals surface area (Å²) in [6.45, 7) is 0.330. The molecule has 0 radical (unpaired) electrons. The fourth-order valence-corrected chi connectivity index (χ4v) is 0.324. The number of nitrogens with zero attached hydrogens (tertiary/aromatic N) is 3. The zero-order valence-corrected chi connectivity index (χ0v) is 3.65. The average molecular weight is 102 g/mol. The first kappa shape index (κ1) is 4.51. The molecule has 0 saturated carbocycles. The second-order valence-corrected chi connectivity index (χ2v) is 1.20. The van der Waals surface area contributed by atoms with Crippen LogP contribution in [-0.2, 0) is 0 Å². The summed E-state index contributed by atoms with van der Waals surface area (Å²) in [7, 11) is 0. The van der Waals surface area contributed by atoms with Crippen LogP contribution >= 0.6 is 0 Å². The summed E-state index contributed by atoms with van der Waals surface area (Å²) in [6, 6.07) is 0. The van der Waals surface area contributed by atoms with Crippen LogP contribution in [0.25, 0.3) is 0 Å². The van der Waals surface area contributed by atoms with Crippen LogP contribution < -0.4 is 5.84 Å². The van der Waals surface area contributed by atoms with Crippen LogP contribution in [0.15, 0.2) is 4.99 Å². The van der Waals surface area contributed by atoms with E-state index in [1.807, 2.05) is 0 Å². The third kappa shape index (κ3) is 0.687. The Labute approximate surface area is 40.5 Å². The lowest BCUT2D eigenvalue weighted by Crippen LogP contribution is -2.40. The van der Waals surface area contributed by atoms with Gasteiger partial charge in [0.25, 0.3) is 0 Å². The SMILES string of the molecule is NN1CN=CN1O. The molecule has 1 rings (SSSR count). The largest absolute Gasteiger partial charge is 0.271 e. The molecule has 1 aliphatic heterocycles. The highest BCUT2D eigenvalue weighted by Gasteiger charge is 2.07. The number of rotatable bonds is 0. The van der Waals surface area contributed by atoms with E-state index in [0.717, 1.165) is 10.3 Å². The Balaban J connectivity index is 2.45. The highest BCUT2D eigenvalue weighted by Crippen LogP contribution is 1.89. The summed E-state index contributed by atoms with van der Waals surface area (Å²) < 4.78 is 0. The lowest BCUT2D eigenvalue weighted by atomic mass is 11.2. The lowest BCUT2D eigenvalue weighted by Gasteiger charge is -2.12. The first-order valence-corrected chi connectivity index (χ1v) is 1.81. The smallest absolute Gasteiger partial charge is 0.132 e. The predicted molar refractivity (Wildman–Crippen MR) is 23.0 cm³/mol. The minimum atomic E-state index is 0.330. The van der Waals surface area contributed by atoms with Crippen LogP contribution in [0.4, 0.5) is 0 Å². The Hall–Kier alpha value is -0.650. The monoisotopic (exact) mass is 102 g/mol. The molecule has 40 valence electrons. The van der Waals surface area contributed by atoms with Crippen molar-refractivity contribution in [2.24, 2.45) is 10.8 Å².